The average Bonchev–Trinajstić information content (AvgIpc) is 3.12. The molecule has 0 fully saturated rings. The molecule has 0 spiro atoms. The van der Waals surface area contributed by atoms with Crippen molar-refractivity contribution in [2.24, 2.45) is 16.3 Å². The van der Waals surface area contributed by atoms with E-state index in [4.69, 9.17) is 28.2 Å². The molecule has 0 aliphatic heterocycles. The number of anilines is 1. The van der Waals surface area contributed by atoms with Crippen LogP contribution in [0.3, 0.4) is 0 Å². The third-order valence-electron chi connectivity index (χ3n) is 6.00. The molecular formula is C26H26Cl2N2OS. The minimum Gasteiger partial charge on any atom is -0.322 e. The number of halogens is 2. The summed E-state index contributed by atoms with van der Waals surface area (Å²) >= 11 is 13.6. The summed E-state index contributed by atoms with van der Waals surface area (Å²) in [5.74, 6) is 0.469. The Morgan fingerprint density at radius 1 is 1.06 bits per heavy atom. The molecule has 3 aromatic rings. The van der Waals surface area contributed by atoms with Crippen LogP contribution in [-0.2, 0) is 12.8 Å². The standard InChI is InChI=1S/C26H26Cl2N2OS/c1-26(2,3)17-6-13-21-22(14-17)32-25(29-15-16-4-7-18(27)8-5-16)23(21)24(31)30-20-11-9-19(28)10-12-20/h4-5,7-12,15,17H,6,13-14H2,1-3H3,(H,30,31)/t17-/m0/s1. The Balaban J connectivity index is 1.69. The van der Waals surface area contributed by atoms with Crippen LogP contribution in [0.15, 0.2) is 53.5 Å². The molecule has 3 nitrogen and oxygen atoms in total. The largest absolute Gasteiger partial charge is 0.322 e. The molecule has 1 N–H and O–H groups in total. The van der Waals surface area contributed by atoms with Gasteiger partial charge in [-0.3, -0.25) is 4.79 Å². The Bertz CT molecular complexity index is 1140. The van der Waals surface area contributed by atoms with Gasteiger partial charge in [0.25, 0.3) is 5.91 Å². The van der Waals surface area contributed by atoms with Gasteiger partial charge in [-0.2, -0.15) is 0 Å². The van der Waals surface area contributed by atoms with Gasteiger partial charge in [-0.25, -0.2) is 4.99 Å². The molecule has 1 heterocycles. The highest BCUT2D eigenvalue weighted by Gasteiger charge is 2.33. The lowest BCUT2D eigenvalue weighted by Crippen LogP contribution is -2.27. The Hall–Kier alpha value is -2.14. The topological polar surface area (TPSA) is 41.5 Å². The van der Waals surface area contributed by atoms with Crippen LogP contribution in [0.4, 0.5) is 10.7 Å². The highest BCUT2D eigenvalue weighted by Crippen LogP contribution is 2.45. The average molecular weight is 485 g/mol. The van der Waals surface area contributed by atoms with Crippen molar-refractivity contribution < 1.29 is 4.79 Å². The summed E-state index contributed by atoms with van der Waals surface area (Å²) in [4.78, 5) is 19.4. The molecule has 166 valence electrons. The minimum atomic E-state index is -0.123. The van der Waals surface area contributed by atoms with Crippen molar-refractivity contribution in [3.8, 4) is 0 Å². The van der Waals surface area contributed by atoms with Gasteiger partial charge < -0.3 is 5.32 Å². The van der Waals surface area contributed by atoms with E-state index >= 15 is 0 Å². The molecule has 6 heteroatoms. The van der Waals surface area contributed by atoms with Gasteiger partial charge in [0.05, 0.1) is 5.56 Å². The second kappa shape index (κ2) is 9.38. The molecule has 0 radical (unpaired) electrons. The first kappa shape index (κ1) is 23.0. The molecule has 1 aliphatic rings. The third kappa shape index (κ3) is 5.25. The zero-order chi connectivity index (χ0) is 22.9. The molecule has 0 saturated heterocycles. The number of nitrogens with zero attached hydrogens (tertiary/aromatic N) is 1. The van der Waals surface area contributed by atoms with E-state index in [2.05, 4.69) is 26.1 Å². The maximum Gasteiger partial charge on any atom is 0.259 e. The smallest absolute Gasteiger partial charge is 0.259 e. The van der Waals surface area contributed by atoms with Crippen LogP contribution in [0.25, 0.3) is 0 Å². The zero-order valence-corrected chi connectivity index (χ0v) is 20.7. The molecule has 0 bridgehead atoms. The van der Waals surface area contributed by atoms with E-state index in [0.29, 0.717) is 21.5 Å². The number of amides is 1. The number of fused-ring (bicyclic) bond motifs is 1. The first-order valence-corrected chi connectivity index (χ1v) is 12.3. The number of hydrogen-bond acceptors (Lipinski definition) is 3. The summed E-state index contributed by atoms with van der Waals surface area (Å²) in [5, 5.41) is 5.10. The maximum absolute atomic E-state index is 13.4. The molecule has 2 aromatic carbocycles. The maximum atomic E-state index is 13.4. The van der Waals surface area contributed by atoms with Crippen molar-refractivity contribution in [2.75, 3.05) is 5.32 Å². The second-order valence-electron chi connectivity index (χ2n) is 9.26. The van der Waals surface area contributed by atoms with Crippen molar-refractivity contribution >= 4 is 57.3 Å². The van der Waals surface area contributed by atoms with E-state index in [-0.39, 0.29) is 11.3 Å². The van der Waals surface area contributed by atoms with Crippen LogP contribution in [0.2, 0.25) is 10.0 Å². The zero-order valence-electron chi connectivity index (χ0n) is 18.4. The number of thiophene rings is 1. The number of nitrogens with one attached hydrogen (secondary N) is 1. The van der Waals surface area contributed by atoms with Crippen molar-refractivity contribution in [2.45, 2.75) is 40.0 Å². The van der Waals surface area contributed by atoms with E-state index < -0.39 is 0 Å². The van der Waals surface area contributed by atoms with Crippen LogP contribution >= 0.6 is 34.5 Å². The Morgan fingerprint density at radius 3 is 2.31 bits per heavy atom. The fraction of sp³-hybridized carbons (Fsp3) is 0.308. The van der Waals surface area contributed by atoms with Crippen LogP contribution in [0.5, 0.6) is 0 Å². The summed E-state index contributed by atoms with van der Waals surface area (Å²) in [6, 6.07) is 14.7. The van der Waals surface area contributed by atoms with E-state index in [9.17, 15) is 4.79 Å². The molecule has 1 amide bonds. The minimum absolute atomic E-state index is 0.123. The van der Waals surface area contributed by atoms with Gasteiger partial charge in [0.15, 0.2) is 0 Å². The summed E-state index contributed by atoms with van der Waals surface area (Å²) < 4.78 is 0. The van der Waals surface area contributed by atoms with Gasteiger partial charge in [0.2, 0.25) is 0 Å². The molecule has 1 aliphatic carbocycles. The SMILES string of the molecule is CC(C)(C)[C@H]1CCc2c(sc(N=Cc3ccc(Cl)cc3)c2C(=O)Nc2ccc(Cl)cc2)C1. The van der Waals surface area contributed by atoms with Gasteiger partial charge in [-0.1, -0.05) is 56.1 Å². The van der Waals surface area contributed by atoms with Gasteiger partial charge >= 0.3 is 0 Å². The molecule has 0 saturated carbocycles. The van der Waals surface area contributed by atoms with Gasteiger partial charge in [-0.15, -0.1) is 11.3 Å². The Kier molecular flexibility index (Phi) is 6.75. The monoisotopic (exact) mass is 484 g/mol. The molecule has 0 unspecified atom stereocenters. The number of hydrogen-bond donors (Lipinski definition) is 1. The highest BCUT2D eigenvalue weighted by molar-refractivity contribution is 7.16. The summed E-state index contributed by atoms with van der Waals surface area (Å²) in [6.45, 7) is 6.89. The quantitative estimate of drug-likeness (QED) is 0.372. The van der Waals surface area contributed by atoms with Crippen LogP contribution in [0.1, 0.15) is 53.6 Å². The third-order valence-corrected chi connectivity index (χ3v) is 7.67. The second-order valence-corrected chi connectivity index (χ2v) is 11.2. The van der Waals surface area contributed by atoms with E-state index in [1.807, 2.05) is 36.4 Å². The Morgan fingerprint density at radius 2 is 1.69 bits per heavy atom. The van der Waals surface area contributed by atoms with Crippen molar-refractivity contribution in [1.82, 2.24) is 0 Å². The molecule has 1 aromatic heterocycles. The fourth-order valence-electron chi connectivity index (χ4n) is 4.04. The lowest BCUT2D eigenvalue weighted by Gasteiger charge is -2.33. The van der Waals surface area contributed by atoms with Crippen LogP contribution in [0, 0.1) is 11.3 Å². The van der Waals surface area contributed by atoms with E-state index in [0.717, 1.165) is 41.1 Å². The lowest BCUT2D eigenvalue weighted by molar-refractivity contribution is 0.102. The van der Waals surface area contributed by atoms with Crippen molar-refractivity contribution in [1.29, 1.82) is 0 Å². The van der Waals surface area contributed by atoms with E-state index in [1.165, 1.54) is 4.88 Å². The van der Waals surface area contributed by atoms with Gasteiger partial charge in [-0.05, 0) is 78.1 Å². The van der Waals surface area contributed by atoms with E-state index in [1.54, 1.807) is 29.7 Å². The number of carbonyl (C=O) groups excluding carboxylic acids is 1. The highest BCUT2D eigenvalue weighted by atomic mass is 35.5. The van der Waals surface area contributed by atoms with Crippen LogP contribution < -0.4 is 5.32 Å². The predicted octanol–water partition coefficient (Wildman–Crippen LogP) is 8.21. The lowest BCUT2D eigenvalue weighted by atomic mass is 9.72. The molecular weight excluding hydrogens is 459 g/mol. The van der Waals surface area contributed by atoms with Crippen molar-refractivity contribution in [3.63, 3.8) is 0 Å². The Labute approximate surface area is 203 Å². The molecule has 4 rings (SSSR count). The normalized spacial score (nSPS) is 16.2. The number of benzene rings is 2. The molecule has 1 atom stereocenters. The molecule has 32 heavy (non-hydrogen) atoms. The first-order chi connectivity index (χ1) is 15.2. The number of aliphatic imine (C=N–C) groups is 1. The van der Waals surface area contributed by atoms with Gasteiger partial charge in [0, 0.05) is 26.8 Å². The number of rotatable bonds is 4. The fourth-order valence-corrected chi connectivity index (χ4v) is 5.57. The predicted molar refractivity (Wildman–Crippen MR) is 137 cm³/mol. The summed E-state index contributed by atoms with van der Waals surface area (Å²) in [7, 11) is 0. The number of carbonyl (C=O) groups is 1. The summed E-state index contributed by atoms with van der Waals surface area (Å²) in [6.07, 6.45) is 4.76. The van der Waals surface area contributed by atoms with Gasteiger partial charge in [0.1, 0.15) is 5.00 Å². The van der Waals surface area contributed by atoms with Crippen molar-refractivity contribution in [3.05, 3.63) is 80.1 Å². The van der Waals surface area contributed by atoms with Crippen LogP contribution in [-0.4, -0.2) is 12.1 Å². The summed E-state index contributed by atoms with van der Waals surface area (Å²) in [5.41, 5.74) is 3.73. The first-order valence-electron chi connectivity index (χ1n) is 10.7.